The molecule has 0 spiro atoms. The number of hydrogen-bond donors (Lipinski definition) is 1. The van der Waals surface area contributed by atoms with Gasteiger partial charge in [-0.05, 0) is 29.7 Å². The molecule has 0 aliphatic rings. The first-order valence-electron chi connectivity index (χ1n) is 5.98. The van der Waals surface area contributed by atoms with Gasteiger partial charge in [-0.3, -0.25) is 0 Å². The van der Waals surface area contributed by atoms with E-state index in [1.807, 2.05) is 17.5 Å². The molecule has 0 atom stereocenters. The lowest BCUT2D eigenvalue weighted by Gasteiger charge is -2.12. The zero-order valence-electron chi connectivity index (χ0n) is 10.9. The molecule has 1 heterocycles. The second-order valence-corrected chi connectivity index (χ2v) is 5.38. The van der Waals surface area contributed by atoms with Gasteiger partial charge in [0.25, 0.3) is 0 Å². The quantitative estimate of drug-likeness (QED) is 0.918. The third kappa shape index (κ3) is 2.54. The van der Waals surface area contributed by atoms with Crippen LogP contribution in [0.15, 0.2) is 23.6 Å². The highest BCUT2D eigenvalue weighted by Gasteiger charge is 2.11. The summed E-state index contributed by atoms with van der Waals surface area (Å²) in [5, 5.41) is 3.01. The molecule has 0 saturated heterocycles. The van der Waals surface area contributed by atoms with Crippen LogP contribution in [0, 0.1) is 0 Å². The van der Waals surface area contributed by atoms with Gasteiger partial charge >= 0.3 is 0 Å². The second kappa shape index (κ2) is 5.50. The summed E-state index contributed by atoms with van der Waals surface area (Å²) in [6, 6.07) is 6.20. The number of ether oxygens (including phenoxy) is 1. The minimum absolute atomic E-state index is 0.424. The third-order valence-electron chi connectivity index (χ3n) is 2.87. The van der Waals surface area contributed by atoms with E-state index in [-0.39, 0.29) is 0 Å². The highest BCUT2D eigenvalue weighted by atomic mass is 32.1. The Labute approximate surface area is 112 Å². The zero-order valence-corrected chi connectivity index (χ0v) is 11.8. The topological polar surface area (TPSA) is 48.1 Å². The van der Waals surface area contributed by atoms with Crippen molar-refractivity contribution in [1.29, 1.82) is 0 Å². The molecule has 2 aromatic rings. The van der Waals surface area contributed by atoms with Gasteiger partial charge in [0.2, 0.25) is 0 Å². The average Bonchev–Trinajstić information content (AvgIpc) is 2.86. The van der Waals surface area contributed by atoms with Crippen molar-refractivity contribution in [3.8, 4) is 17.0 Å². The van der Waals surface area contributed by atoms with Gasteiger partial charge in [0, 0.05) is 17.5 Å². The number of benzene rings is 1. The molecular formula is C14H18N2OS. The lowest BCUT2D eigenvalue weighted by atomic mass is 9.99. The summed E-state index contributed by atoms with van der Waals surface area (Å²) in [6.07, 6.45) is 0. The maximum absolute atomic E-state index is 5.59. The SMILES string of the molecule is COc1ccc(-c2csc(CN)n2)cc1C(C)C. The van der Waals surface area contributed by atoms with Crippen molar-refractivity contribution in [2.24, 2.45) is 5.73 Å². The predicted molar refractivity (Wildman–Crippen MR) is 76.1 cm³/mol. The largest absolute Gasteiger partial charge is 0.496 e. The molecule has 96 valence electrons. The fourth-order valence-electron chi connectivity index (χ4n) is 1.88. The van der Waals surface area contributed by atoms with Gasteiger partial charge in [0.15, 0.2) is 0 Å². The summed E-state index contributed by atoms with van der Waals surface area (Å²) < 4.78 is 5.39. The smallest absolute Gasteiger partial charge is 0.122 e. The Hall–Kier alpha value is -1.39. The molecule has 3 nitrogen and oxygen atoms in total. The van der Waals surface area contributed by atoms with E-state index in [1.54, 1.807) is 18.4 Å². The minimum Gasteiger partial charge on any atom is -0.496 e. The molecular weight excluding hydrogens is 244 g/mol. The van der Waals surface area contributed by atoms with Crippen LogP contribution >= 0.6 is 11.3 Å². The van der Waals surface area contributed by atoms with Crippen LogP contribution in [-0.4, -0.2) is 12.1 Å². The van der Waals surface area contributed by atoms with E-state index in [4.69, 9.17) is 10.5 Å². The molecule has 0 saturated carbocycles. The van der Waals surface area contributed by atoms with Crippen molar-refractivity contribution in [2.45, 2.75) is 26.3 Å². The zero-order chi connectivity index (χ0) is 13.1. The molecule has 2 N–H and O–H groups in total. The molecule has 0 amide bonds. The molecule has 0 aliphatic carbocycles. The molecule has 0 aliphatic heterocycles. The van der Waals surface area contributed by atoms with Crippen LogP contribution in [0.3, 0.4) is 0 Å². The van der Waals surface area contributed by atoms with Gasteiger partial charge in [-0.1, -0.05) is 13.8 Å². The second-order valence-electron chi connectivity index (χ2n) is 4.44. The lowest BCUT2D eigenvalue weighted by Crippen LogP contribution is -1.96. The normalized spacial score (nSPS) is 10.9. The van der Waals surface area contributed by atoms with Gasteiger partial charge in [0.05, 0.1) is 12.8 Å². The van der Waals surface area contributed by atoms with Crippen LogP contribution in [0.2, 0.25) is 0 Å². The van der Waals surface area contributed by atoms with E-state index in [9.17, 15) is 0 Å². The van der Waals surface area contributed by atoms with E-state index in [1.165, 1.54) is 5.56 Å². The number of nitrogens with zero attached hydrogens (tertiary/aromatic N) is 1. The first-order valence-corrected chi connectivity index (χ1v) is 6.86. The van der Waals surface area contributed by atoms with Crippen LogP contribution in [0.5, 0.6) is 5.75 Å². The summed E-state index contributed by atoms with van der Waals surface area (Å²) >= 11 is 1.60. The number of rotatable bonds is 4. The number of methoxy groups -OCH3 is 1. The molecule has 0 fully saturated rings. The Morgan fingerprint density at radius 1 is 1.39 bits per heavy atom. The summed E-state index contributed by atoms with van der Waals surface area (Å²) in [5.41, 5.74) is 8.91. The van der Waals surface area contributed by atoms with Crippen molar-refractivity contribution >= 4 is 11.3 Å². The van der Waals surface area contributed by atoms with Crippen molar-refractivity contribution in [3.05, 3.63) is 34.2 Å². The number of aromatic nitrogens is 1. The summed E-state index contributed by atoms with van der Waals surface area (Å²) in [6.45, 7) is 4.82. The Balaban J connectivity index is 2.42. The Kier molecular flexibility index (Phi) is 3.99. The fourth-order valence-corrected chi connectivity index (χ4v) is 2.57. The van der Waals surface area contributed by atoms with Gasteiger partial charge < -0.3 is 10.5 Å². The highest BCUT2D eigenvalue weighted by molar-refractivity contribution is 7.09. The number of thiazole rings is 1. The number of hydrogen-bond acceptors (Lipinski definition) is 4. The third-order valence-corrected chi connectivity index (χ3v) is 3.74. The van der Waals surface area contributed by atoms with Crippen LogP contribution < -0.4 is 10.5 Å². The molecule has 4 heteroatoms. The van der Waals surface area contributed by atoms with Gasteiger partial charge in [0.1, 0.15) is 10.8 Å². The highest BCUT2D eigenvalue weighted by Crippen LogP contribution is 2.31. The molecule has 0 radical (unpaired) electrons. The lowest BCUT2D eigenvalue weighted by molar-refractivity contribution is 0.407. The average molecular weight is 262 g/mol. The van der Waals surface area contributed by atoms with Crippen molar-refractivity contribution in [1.82, 2.24) is 4.98 Å². The van der Waals surface area contributed by atoms with Crippen molar-refractivity contribution in [2.75, 3.05) is 7.11 Å². The van der Waals surface area contributed by atoms with E-state index >= 15 is 0 Å². The van der Waals surface area contributed by atoms with E-state index in [0.29, 0.717) is 12.5 Å². The Morgan fingerprint density at radius 3 is 2.72 bits per heavy atom. The van der Waals surface area contributed by atoms with Crippen molar-refractivity contribution in [3.63, 3.8) is 0 Å². The molecule has 0 bridgehead atoms. The molecule has 0 unspecified atom stereocenters. The Morgan fingerprint density at radius 2 is 2.17 bits per heavy atom. The van der Waals surface area contributed by atoms with Gasteiger partial charge in [-0.2, -0.15) is 0 Å². The molecule has 1 aromatic heterocycles. The van der Waals surface area contributed by atoms with Gasteiger partial charge in [-0.25, -0.2) is 4.98 Å². The standard InChI is InChI=1S/C14H18N2OS/c1-9(2)11-6-10(4-5-13(11)17-3)12-8-18-14(7-15)16-12/h4-6,8-9H,7,15H2,1-3H3. The first-order chi connectivity index (χ1) is 8.65. The maximum atomic E-state index is 5.59. The van der Waals surface area contributed by atoms with E-state index < -0.39 is 0 Å². The molecule has 18 heavy (non-hydrogen) atoms. The van der Waals surface area contributed by atoms with Crippen molar-refractivity contribution < 1.29 is 4.74 Å². The van der Waals surface area contributed by atoms with E-state index in [0.717, 1.165) is 22.0 Å². The van der Waals surface area contributed by atoms with Crippen LogP contribution in [0.25, 0.3) is 11.3 Å². The summed E-state index contributed by atoms with van der Waals surface area (Å²) in [5.74, 6) is 1.36. The van der Waals surface area contributed by atoms with Gasteiger partial charge in [-0.15, -0.1) is 11.3 Å². The number of nitrogens with two attached hydrogens (primary N) is 1. The van der Waals surface area contributed by atoms with Crippen LogP contribution in [0.4, 0.5) is 0 Å². The first kappa shape index (κ1) is 13.1. The van der Waals surface area contributed by atoms with E-state index in [2.05, 4.69) is 24.9 Å². The maximum Gasteiger partial charge on any atom is 0.122 e. The van der Waals surface area contributed by atoms with Crippen LogP contribution in [0.1, 0.15) is 30.3 Å². The molecule has 2 rings (SSSR count). The predicted octanol–water partition coefficient (Wildman–Crippen LogP) is 3.40. The molecule has 1 aromatic carbocycles. The monoisotopic (exact) mass is 262 g/mol. The summed E-state index contributed by atoms with van der Waals surface area (Å²) in [7, 11) is 1.70. The Bertz CT molecular complexity index is 534. The minimum atomic E-state index is 0.424. The fraction of sp³-hybridized carbons (Fsp3) is 0.357. The van der Waals surface area contributed by atoms with Crippen LogP contribution in [-0.2, 0) is 6.54 Å². The summed E-state index contributed by atoms with van der Waals surface area (Å²) in [4.78, 5) is 4.51.